The first-order valence-electron chi connectivity index (χ1n) is 6.13. The summed E-state index contributed by atoms with van der Waals surface area (Å²) in [6.07, 6.45) is 0.761. The van der Waals surface area contributed by atoms with Crippen molar-refractivity contribution in [3.8, 4) is 0 Å². The maximum atomic E-state index is 12.0. The van der Waals surface area contributed by atoms with E-state index in [-0.39, 0.29) is 5.91 Å². The highest BCUT2D eigenvalue weighted by molar-refractivity contribution is 7.09. The molecule has 2 heterocycles. The van der Waals surface area contributed by atoms with E-state index in [2.05, 4.69) is 22.4 Å². The van der Waals surface area contributed by atoms with Crippen molar-refractivity contribution in [3.63, 3.8) is 0 Å². The lowest BCUT2D eigenvalue weighted by atomic mass is 10.2. The summed E-state index contributed by atoms with van der Waals surface area (Å²) in [5.41, 5.74) is 2.50. The van der Waals surface area contributed by atoms with Crippen molar-refractivity contribution in [2.24, 2.45) is 0 Å². The number of thiazole rings is 1. The first kappa shape index (κ1) is 13.0. The Morgan fingerprint density at radius 3 is 2.75 bits per heavy atom. The van der Waals surface area contributed by atoms with Gasteiger partial charge in [-0.05, 0) is 17.0 Å². The highest BCUT2D eigenvalue weighted by Crippen LogP contribution is 2.17. The van der Waals surface area contributed by atoms with Gasteiger partial charge in [-0.15, -0.1) is 11.3 Å². The fraction of sp³-hybridized carbons (Fsp3) is 0.0667. The van der Waals surface area contributed by atoms with Gasteiger partial charge in [-0.2, -0.15) is 11.3 Å². The molecule has 1 N–H and O–H groups in total. The minimum Gasteiger partial charge on any atom is -0.320 e. The zero-order valence-corrected chi connectivity index (χ0v) is 12.2. The van der Waals surface area contributed by atoms with E-state index in [0.717, 1.165) is 17.1 Å². The summed E-state index contributed by atoms with van der Waals surface area (Å²) in [6.45, 7) is 0. The predicted molar refractivity (Wildman–Crippen MR) is 83.6 cm³/mol. The van der Waals surface area contributed by atoms with Crippen LogP contribution in [0.4, 0.5) is 5.69 Å². The fourth-order valence-electron chi connectivity index (χ4n) is 1.80. The van der Waals surface area contributed by atoms with Gasteiger partial charge >= 0.3 is 0 Å². The molecule has 0 saturated heterocycles. The van der Waals surface area contributed by atoms with Gasteiger partial charge < -0.3 is 5.32 Å². The monoisotopic (exact) mass is 300 g/mol. The third-order valence-electron chi connectivity index (χ3n) is 2.76. The number of hydrogen-bond acceptors (Lipinski definition) is 4. The van der Waals surface area contributed by atoms with Gasteiger partial charge in [-0.1, -0.05) is 30.3 Å². The van der Waals surface area contributed by atoms with Crippen LogP contribution in [-0.2, 0) is 6.42 Å². The molecule has 1 aromatic carbocycles. The summed E-state index contributed by atoms with van der Waals surface area (Å²) in [5.74, 6) is -0.154. The number of anilines is 1. The Kier molecular flexibility index (Phi) is 3.90. The zero-order chi connectivity index (χ0) is 13.8. The first-order valence-corrected chi connectivity index (χ1v) is 7.95. The van der Waals surface area contributed by atoms with Crippen molar-refractivity contribution in [1.29, 1.82) is 0 Å². The third kappa shape index (κ3) is 3.12. The van der Waals surface area contributed by atoms with Crippen LogP contribution in [-0.4, -0.2) is 10.9 Å². The van der Waals surface area contributed by atoms with Crippen molar-refractivity contribution < 1.29 is 4.79 Å². The van der Waals surface area contributed by atoms with Crippen LogP contribution in [0.25, 0.3) is 0 Å². The molecule has 0 aliphatic heterocycles. The number of amides is 1. The van der Waals surface area contributed by atoms with Gasteiger partial charge in [0.1, 0.15) is 5.69 Å². The standard InChI is InChI=1S/C15H12N2OS2/c18-15(16-12-6-7-19-9-12)13-10-20-14(17-13)8-11-4-2-1-3-5-11/h1-7,9-10H,8H2,(H,16,18). The van der Waals surface area contributed by atoms with Gasteiger partial charge in [0.15, 0.2) is 0 Å². The quantitative estimate of drug-likeness (QED) is 0.790. The Balaban J connectivity index is 1.69. The van der Waals surface area contributed by atoms with Gasteiger partial charge in [0.25, 0.3) is 5.91 Å². The van der Waals surface area contributed by atoms with Gasteiger partial charge in [0.05, 0.1) is 10.7 Å². The molecule has 3 rings (SSSR count). The molecule has 0 fully saturated rings. The van der Waals surface area contributed by atoms with E-state index in [1.807, 2.05) is 35.0 Å². The Bertz CT molecular complexity index is 690. The number of carbonyl (C=O) groups is 1. The van der Waals surface area contributed by atoms with Crippen LogP contribution in [0.15, 0.2) is 52.5 Å². The molecule has 0 saturated carbocycles. The molecule has 2 aromatic heterocycles. The number of hydrogen-bond donors (Lipinski definition) is 1. The van der Waals surface area contributed by atoms with Crippen molar-refractivity contribution in [1.82, 2.24) is 4.98 Å². The van der Waals surface area contributed by atoms with Crippen molar-refractivity contribution in [2.45, 2.75) is 6.42 Å². The van der Waals surface area contributed by atoms with Crippen LogP contribution >= 0.6 is 22.7 Å². The molecule has 0 unspecified atom stereocenters. The Morgan fingerprint density at radius 1 is 1.15 bits per heavy atom. The lowest BCUT2D eigenvalue weighted by molar-refractivity contribution is 0.102. The molecule has 0 aliphatic carbocycles. The van der Waals surface area contributed by atoms with E-state index in [9.17, 15) is 4.79 Å². The average molecular weight is 300 g/mol. The largest absolute Gasteiger partial charge is 0.320 e. The van der Waals surface area contributed by atoms with Crippen molar-refractivity contribution in [3.05, 3.63) is 68.8 Å². The number of benzene rings is 1. The van der Waals surface area contributed by atoms with Crippen molar-refractivity contribution in [2.75, 3.05) is 5.32 Å². The number of carbonyl (C=O) groups excluding carboxylic acids is 1. The highest BCUT2D eigenvalue weighted by Gasteiger charge is 2.11. The molecule has 0 aliphatic rings. The molecular formula is C15H12N2OS2. The van der Waals surface area contributed by atoms with E-state index in [4.69, 9.17) is 0 Å². The fourth-order valence-corrected chi connectivity index (χ4v) is 3.19. The van der Waals surface area contributed by atoms with E-state index < -0.39 is 0 Å². The van der Waals surface area contributed by atoms with E-state index in [0.29, 0.717) is 5.69 Å². The summed E-state index contributed by atoms with van der Waals surface area (Å²) in [5, 5.41) is 9.41. The molecule has 20 heavy (non-hydrogen) atoms. The lowest BCUT2D eigenvalue weighted by Crippen LogP contribution is -2.11. The minimum atomic E-state index is -0.154. The molecule has 100 valence electrons. The Labute approximate surface area is 124 Å². The van der Waals surface area contributed by atoms with Gasteiger partial charge in [0, 0.05) is 17.2 Å². The first-order chi connectivity index (χ1) is 9.81. The molecule has 0 spiro atoms. The van der Waals surface area contributed by atoms with Crippen LogP contribution in [0.3, 0.4) is 0 Å². The van der Waals surface area contributed by atoms with Gasteiger partial charge in [-0.3, -0.25) is 4.79 Å². The van der Waals surface area contributed by atoms with Gasteiger partial charge in [-0.25, -0.2) is 4.98 Å². The topological polar surface area (TPSA) is 42.0 Å². The maximum Gasteiger partial charge on any atom is 0.275 e. The van der Waals surface area contributed by atoms with Crippen LogP contribution in [0, 0.1) is 0 Å². The molecule has 1 amide bonds. The van der Waals surface area contributed by atoms with E-state index in [1.165, 1.54) is 16.9 Å². The Hall–Kier alpha value is -1.98. The molecule has 0 bridgehead atoms. The number of nitrogens with one attached hydrogen (secondary N) is 1. The molecule has 0 radical (unpaired) electrons. The third-order valence-corrected chi connectivity index (χ3v) is 4.29. The second-order valence-corrected chi connectivity index (χ2v) is 5.98. The highest BCUT2D eigenvalue weighted by atomic mass is 32.1. The molecule has 3 aromatic rings. The number of nitrogens with zero attached hydrogens (tertiary/aromatic N) is 1. The maximum absolute atomic E-state index is 12.0. The van der Waals surface area contributed by atoms with Crippen LogP contribution in [0.5, 0.6) is 0 Å². The van der Waals surface area contributed by atoms with Gasteiger partial charge in [0.2, 0.25) is 0 Å². The SMILES string of the molecule is O=C(Nc1ccsc1)c1csc(Cc2ccccc2)n1. The predicted octanol–water partition coefficient (Wildman–Crippen LogP) is 4.05. The van der Waals surface area contributed by atoms with Crippen molar-refractivity contribution >= 4 is 34.3 Å². The summed E-state index contributed by atoms with van der Waals surface area (Å²) in [7, 11) is 0. The normalized spacial score (nSPS) is 10.4. The minimum absolute atomic E-state index is 0.154. The van der Waals surface area contributed by atoms with Crippen LogP contribution in [0.2, 0.25) is 0 Å². The van der Waals surface area contributed by atoms with E-state index >= 15 is 0 Å². The summed E-state index contributed by atoms with van der Waals surface area (Å²) < 4.78 is 0. The molecule has 5 heteroatoms. The molecular weight excluding hydrogens is 288 g/mol. The summed E-state index contributed by atoms with van der Waals surface area (Å²) in [4.78, 5) is 16.4. The average Bonchev–Trinajstić information content (AvgIpc) is 3.11. The summed E-state index contributed by atoms with van der Waals surface area (Å²) >= 11 is 3.07. The molecule has 0 atom stereocenters. The Morgan fingerprint density at radius 2 is 2.00 bits per heavy atom. The number of thiophene rings is 1. The smallest absolute Gasteiger partial charge is 0.275 e. The molecule has 3 nitrogen and oxygen atoms in total. The van der Waals surface area contributed by atoms with Crippen LogP contribution in [0.1, 0.15) is 21.1 Å². The van der Waals surface area contributed by atoms with E-state index in [1.54, 1.807) is 16.7 Å². The summed E-state index contributed by atoms with van der Waals surface area (Å²) in [6, 6.07) is 12.0. The lowest BCUT2D eigenvalue weighted by Gasteiger charge is -1.99. The second-order valence-electron chi connectivity index (χ2n) is 4.26. The zero-order valence-electron chi connectivity index (χ0n) is 10.6. The number of aromatic nitrogens is 1. The second kappa shape index (κ2) is 5.98. The van der Waals surface area contributed by atoms with Crippen LogP contribution < -0.4 is 5.32 Å². The number of rotatable bonds is 4.